The van der Waals surface area contributed by atoms with Gasteiger partial charge < -0.3 is 15.8 Å². The van der Waals surface area contributed by atoms with Crippen LogP contribution in [0.25, 0.3) is 0 Å². The lowest BCUT2D eigenvalue weighted by atomic mass is 9.85. The number of nitrogens with two attached hydrogens (primary N) is 1. The molecule has 2 aromatic carbocycles. The van der Waals surface area contributed by atoms with Gasteiger partial charge in [0.15, 0.2) is 5.75 Å². The molecule has 3 N–H and O–H groups in total. The first-order chi connectivity index (χ1) is 11.6. The average molecular weight is 361 g/mol. The molecule has 1 aliphatic rings. The van der Waals surface area contributed by atoms with Crippen LogP contribution in [0.1, 0.15) is 31.2 Å². The molecule has 134 valence electrons. The fraction of sp³-hybridized carbons (Fsp3) is 0.350. The van der Waals surface area contributed by atoms with Crippen molar-refractivity contribution in [1.29, 1.82) is 0 Å². The highest BCUT2D eigenvalue weighted by atomic mass is 35.5. The van der Waals surface area contributed by atoms with Gasteiger partial charge in [0.25, 0.3) is 0 Å². The molecule has 2 aromatic rings. The first-order valence-electron chi connectivity index (χ1n) is 8.52. The second-order valence-electron chi connectivity index (χ2n) is 6.53. The summed E-state index contributed by atoms with van der Waals surface area (Å²) in [7, 11) is 0. The molecule has 0 radical (unpaired) electrons. The van der Waals surface area contributed by atoms with E-state index in [1.807, 2.05) is 55.5 Å². The summed E-state index contributed by atoms with van der Waals surface area (Å²) in [4.78, 5) is 12.5. The van der Waals surface area contributed by atoms with Crippen LogP contribution in [0.3, 0.4) is 0 Å². The zero-order valence-electron chi connectivity index (χ0n) is 14.4. The Hall–Kier alpha value is -2.04. The quantitative estimate of drug-likeness (QED) is 0.833. The molecule has 1 fully saturated rings. The second-order valence-corrected chi connectivity index (χ2v) is 6.53. The Kier molecular flexibility index (Phi) is 6.85. The molecule has 2 atom stereocenters. The number of rotatable bonds is 4. The number of nitrogens with one attached hydrogen (secondary N) is 1. The van der Waals surface area contributed by atoms with Crippen LogP contribution in [-0.4, -0.2) is 11.9 Å². The predicted molar refractivity (Wildman–Crippen MR) is 104 cm³/mol. The number of aryl methyl sites for hydroxylation is 1. The van der Waals surface area contributed by atoms with E-state index in [2.05, 4.69) is 5.32 Å². The van der Waals surface area contributed by atoms with Crippen LogP contribution in [0.2, 0.25) is 0 Å². The zero-order chi connectivity index (χ0) is 16.9. The highest BCUT2D eigenvalue weighted by Crippen LogP contribution is 2.31. The van der Waals surface area contributed by atoms with Gasteiger partial charge in [-0.2, -0.15) is 0 Å². The number of carbonyl (C=O) groups excluding carboxylic acids is 1. The molecule has 1 amide bonds. The van der Waals surface area contributed by atoms with Crippen molar-refractivity contribution in [1.82, 2.24) is 0 Å². The van der Waals surface area contributed by atoms with E-state index < -0.39 is 0 Å². The van der Waals surface area contributed by atoms with Crippen LogP contribution in [0.15, 0.2) is 48.5 Å². The summed E-state index contributed by atoms with van der Waals surface area (Å²) >= 11 is 0. The molecule has 1 aliphatic carbocycles. The maximum Gasteiger partial charge on any atom is 0.227 e. The summed E-state index contributed by atoms with van der Waals surface area (Å²) in [6, 6.07) is 15.5. The number of halogens is 1. The Morgan fingerprint density at radius 3 is 2.72 bits per heavy atom. The number of para-hydroxylation sites is 2. The predicted octanol–water partition coefficient (Wildman–Crippen LogP) is 4.67. The smallest absolute Gasteiger partial charge is 0.227 e. The SMILES string of the molecule is Cc1cccc(Oc2ccccc2NC(=O)C2CCCC(N)C2)c1.Cl. The lowest BCUT2D eigenvalue weighted by Crippen LogP contribution is -2.34. The molecule has 2 unspecified atom stereocenters. The fourth-order valence-electron chi connectivity index (χ4n) is 3.17. The Bertz CT molecular complexity index is 720. The Morgan fingerprint density at radius 1 is 1.16 bits per heavy atom. The highest BCUT2D eigenvalue weighted by molar-refractivity contribution is 5.94. The molecule has 3 rings (SSSR count). The minimum Gasteiger partial charge on any atom is -0.455 e. The molecule has 0 bridgehead atoms. The van der Waals surface area contributed by atoms with Gasteiger partial charge in [0.1, 0.15) is 5.75 Å². The number of benzene rings is 2. The van der Waals surface area contributed by atoms with Crippen molar-refractivity contribution in [2.75, 3.05) is 5.32 Å². The molecular weight excluding hydrogens is 336 g/mol. The van der Waals surface area contributed by atoms with Crippen LogP contribution < -0.4 is 15.8 Å². The number of anilines is 1. The van der Waals surface area contributed by atoms with Gasteiger partial charge in [-0.3, -0.25) is 4.79 Å². The van der Waals surface area contributed by atoms with E-state index in [0.717, 1.165) is 37.0 Å². The highest BCUT2D eigenvalue weighted by Gasteiger charge is 2.25. The Balaban J connectivity index is 0.00000225. The average Bonchev–Trinajstić information content (AvgIpc) is 2.57. The van der Waals surface area contributed by atoms with E-state index in [1.54, 1.807) is 0 Å². The van der Waals surface area contributed by atoms with Gasteiger partial charge in [-0.15, -0.1) is 12.4 Å². The minimum atomic E-state index is -0.0132. The standard InChI is InChI=1S/C20H24N2O2.ClH/c1-14-6-4-9-17(12-14)24-19-11-3-2-10-18(19)22-20(23)15-7-5-8-16(21)13-15;/h2-4,6,9-12,15-16H,5,7-8,13,21H2,1H3,(H,22,23);1H. The monoisotopic (exact) mass is 360 g/mol. The molecule has 0 spiro atoms. The van der Waals surface area contributed by atoms with E-state index in [0.29, 0.717) is 11.4 Å². The number of amides is 1. The van der Waals surface area contributed by atoms with Crippen LogP contribution >= 0.6 is 12.4 Å². The van der Waals surface area contributed by atoms with Gasteiger partial charge in [0, 0.05) is 12.0 Å². The molecule has 0 aliphatic heterocycles. The van der Waals surface area contributed by atoms with E-state index >= 15 is 0 Å². The maximum atomic E-state index is 12.5. The summed E-state index contributed by atoms with van der Waals surface area (Å²) in [5.74, 6) is 1.43. The summed E-state index contributed by atoms with van der Waals surface area (Å²) < 4.78 is 5.96. The topological polar surface area (TPSA) is 64.3 Å². The number of hydrogen-bond donors (Lipinski definition) is 2. The molecule has 0 aromatic heterocycles. The van der Waals surface area contributed by atoms with Crippen molar-refractivity contribution in [3.05, 3.63) is 54.1 Å². The van der Waals surface area contributed by atoms with E-state index in [9.17, 15) is 4.79 Å². The first kappa shape index (κ1) is 19.3. The lowest BCUT2D eigenvalue weighted by molar-refractivity contribution is -0.120. The summed E-state index contributed by atoms with van der Waals surface area (Å²) in [5.41, 5.74) is 7.83. The van der Waals surface area contributed by atoms with Gasteiger partial charge >= 0.3 is 0 Å². The van der Waals surface area contributed by atoms with Gasteiger partial charge in [-0.05, 0) is 56.0 Å². The van der Waals surface area contributed by atoms with E-state index in [1.165, 1.54) is 0 Å². The van der Waals surface area contributed by atoms with Gasteiger partial charge in [0.2, 0.25) is 5.91 Å². The number of hydrogen-bond acceptors (Lipinski definition) is 3. The van der Waals surface area contributed by atoms with Gasteiger partial charge in [0.05, 0.1) is 5.69 Å². The third kappa shape index (κ3) is 5.21. The normalized spacial score (nSPS) is 19.6. The number of carbonyl (C=O) groups is 1. The van der Waals surface area contributed by atoms with Crippen molar-refractivity contribution in [2.45, 2.75) is 38.6 Å². The van der Waals surface area contributed by atoms with Crippen molar-refractivity contribution in [2.24, 2.45) is 11.7 Å². The zero-order valence-corrected chi connectivity index (χ0v) is 15.2. The Morgan fingerprint density at radius 2 is 1.96 bits per heavy atom. The molecule has 1 saturated carbocycles. The molecule has 0 heterocycles. The summed E-state index contributed by atoms with van der Waals surface area (Å²) in [6.07, 6.45) is 3.69. The van der Waals surface area contributed by atoms with E-state index in [4.69, 9.17) is 10.5 Å². The Labute approximate surface area is 155 Å². The summed E-state index contributed by atoms with van der Waals surface area (Å²) in [6.45, 7) is 2.02. The minimum absolute atomic E-state index is 0. The number of ether oxygens (including phenoxy) is 1. The van der Waals surface area contributed by atoms with Crippen molar-refractivity contribution in [3.8, 4) is 11.5 Å². The van der Waals surface area contributed by atoms with Crippen LogP contribution in [0.4, 0.5) is 5.69 Å². The fourth-order valence-corrected chi connectivity index (χ4v) is 3.17. The molecule has 5 heteroatoms. The largest absolute Gasteiger partial charge is 0.455 e. The van der Waals surface area contributed by atoms with Crippen molar-refractivity contribution in [3.63, 3.8) is 0 Å². The maximum absolute atomic E-state index is 12.5. The molecule has 0 saturated heterocycles. The van der Waals surface area contributed by atoms with Gasteiger partial charge in [-0.1, -0.05) is 30.7 Å². The summed E-state index contributed by atoms with van der Waals surface area (Å²) in [5, 5.41) is 3.02. The van der Waals surface area contributed by atoms with Crippen LogP contribution in [-0.2, 0) is 4.79 Å². The van der Waals surface area contributed by atoms with Crippen molar-refractivity contribution >= 4 is 24.0 Å². The van der Waals surface area contributed by atoms with Crippen LogP contribution in [0.5, 0.6) is 11.5 Å². The second kappa shape index (κ2) is 8.88. The third-order valence-electron chi connectivity index (χ3n) is 4.45. The van der Waals surface area contributed by atoms with Crippen LogP contribution in [0, 0.1) is 12.8 Å². The molecular formula is C20H25ClN2O2. The van der Waals surface area contributed by atoms with Gasteiger partial charge in [-0.25, -0.2) is 0 Å². The molecule has 25 heavy (non-hydrogen) atoms. The molecule has 4 nitrogen and oxygen atoms in total. The third-order valence-corrected chi connectivity index (χ3v) is 4.45. The lowest BCUT2D eigenvalue weighted by Gasteiger charge is -2.26. The van der Waals surface area contributed by atoms with E-state index in [-0.39, 0.29) is 30.3 Å². The van der Waals surface area contributed by atoms with Crippen molar-refractivity contribution < 1.29 is 9.53 Å². The first-order valence-corrected chi connectivity index (χ1v) is 8.52.